The molecule has 0 heterocycles. The Hall–Kier alpha value is -1.42. The fraction of sp³-hybridized carbons (Fsp3) is 0.100. The molecule has 1 rings (SSSR count). The third-order valence-electron chi connectivity index (χ3n) is 1.51. The van der Waals surface area contributed by atoms with Gasteiger partial charge in [0.25, 0.3) is 0 Å². The summed E-state index contributed by atoms with van der Waals surface area (Å²) in [4.78, 5) is 10.8. The van der Waals surface area contributed by atoms with Crippen molar-refractivity contribution >= 4 is 16.8 Å². The van der Waals surface area contributed by atoms with Crippen LogP contribution in [0.1, 0.15) is 0 Å². The summed E-state index contributed by atoms with van der Waals surface area (Å²) in [6, 6.07) is 8.95. The van der Waals surface area contributed by atoms with E-state index in [1.165, 1.54) is 6.08 Å². The van der Waals surface area contributed by atoms with Gasteiger partial charge < -0.3 is 5.11 Å². The molecule has 3 nitrogen and oxygen atoms in total. The second-order valence-electron chi connectivity index (χ2n) is 2.57. The molecule has 0 bridgehead atoms. The van der Waals surface area contributed by atoms with Crippen molar-refractivity contribution in [2.75, 3.05) is 5.75 Å². The van der Waals surface area contributed by atoms with E-state index in [0.717, 1.165) is 6.08 Å². The molecule has 1 atom stereocenters. The Morgan fingerprint density at radius 3 is 2.57 bits per heavy atom. The van der Waals surface area contributed by atoms with Gasteiger partial charge in [-0.2, -0.15) is 0 Å². The average Bonchev–Trinajstić information content (AvgIpc) is 2.18. The minimum absolute atomic E-state index is 0.232. The van der Waals surface area contributed by atoms with E-state index in [-0.39, 0.29) is 5.75 Å². The van der Waals surface area contributed by atoms with Crippen molar-refractivity contribution in [3.63, 3.8) is 0 Å². The maximum Gasteiger partial charge on any atom is 0.328 e. The molecule has 0 saturated heterocycles. The third-order valence-corrected chi connectivity index (χ3v) is 2.81. The zero-order valence-corrected chi connectivity index (χ0v) is 8.24. The van der Waals surface area contributed by atoms with Crippen LogP contribution in [0.15, 0.2) is 47.4 Å². The van der Waals surface area contributed by atoms with Crippen LogP contribution in [0.4, 0.5) is 0 Å². The lowest BCUT2D eigenvalue weighted by atomic mass is 10.4. The second kappa shape index (κ2) is 5.34. The van der Waals surface area contributed by atoms with E-state index in [0.29, 0.717) is 4.90 Å². The highest BCUT2D eigenvalue weighted by Crippen LogP contribution is 2.05. The van der Waals surface area contributed by atoms with Crippen molar-refractivity contribution in [2.24, 2.45) is 0 Å². The van der Waals surface area contributed by atoms with E-state index >= 15 is 0 Å². The van der Waals surface area contributed by atoms with Crippen LogP contribution in [0.5, 0.6) is 0 Å². The minimum Gasteiger partial charge on any atom is -0.478 e. The number of aliphatic carboxylic acids is 1. The Morgan fingerprint density at radius 1 is 1.36 bits per heavy atom. The van der Waals surface area contributed by atoms with Crippen LogP contribution in [0.3, 0.4) is 0 Å². The molecule has 1 aromatic rings. The molecule has 0 amide bonds. The fourth-order valence-electron chi connectivity index (χ4n) is 0.905. The van der Waals surface area contributed by atoms with Gasteiger partial charge in [0, 0.05) is 16.7 Å². The predicted molar refractivity (Wildman–Crippen MR) is 54.5 cm³/mol. The average molecular weight is 213 g/mol. The lowest BCUT2D eigenvalue weighted by molar-refractivity contribution is -0.131. The summed E-state index contributed by atoms with van der Waals surface area (Å²) >= 11 is 0. The van der Waals surface area contributed by atoms with E-state index < -0.39 is 16.8 Å². The first kappa shape index (κ1) is 10.7. The quantitative estimate of drug-likeness (QED) is 0.608. The van der Waals surface area contributed by atoms with Gasteiger partial charge in [0.2, 0.25) is 0 Å². The lowest BCUT2D eigenvalue weighted by Gasteiger charge is -1.96. The minimum atomic E-state index is -1.15. The summed E-state index contributed by atoms with van der Waals surface area (Å²) in [5, 5.41) is 8.31. The predicted octanol–water partition coefficient (Wildman–Crippen LogP) is 1.44. The smallest absolute Gasteiger partial charge is 0.328 e. The largest absolute Gasteiger partial charge is 0.478 e. The number of carbonyl (C=O) groups is 1. The molecule has 1 N–H and O–H groups in total. The molecular formula is C10H10O3S. The summed E-state index contributed by atoms with van der Waals surface area (Å²) in [7, 11) is -1.15. The van der Waals surface area contributed by atoms with Crippen molar-refractivity contribution in [1.82, 2.24) is 0 Å². The third kappa shape index (κ3) is 3.53. The molecule has 1 aromatic carbocycles. The maximum absolute atomic E-state index is 11.5. The normalized spacial score (nSPS) is 12.9. The Bertz CT molecular complexity index is 357. The van der Waals surface area contributed by atoms with Crippen LogP contribution in [-0.4, -0.2) is 21.0 Å². The fourth-order valence-corrected chi connectivity index (χ4v) is 1.83. The van der Waals surface area contributed by atoms with Crippen LogP contribution in [0.25, 0.3) is 0 Å². The maximum atomic E-state index is 11.5. The van der Waals surface area contributed by atoms with E-state index in [9.17, 15) is 9.00 Å². The van der Waals surface area contributed by atoms with Crippen LogP contribution in [0, 0.1) is 0 Å². The molecule has 0 aliphatic rings. The Labute approximate surface area is 84.5 Å². The van der Waals surface area contributed by atoms with Gasteiger partial charge in [-0.1, -0.05) is 24.3 Å². The number of benzene rings is 1. The van der Waals surface area contributed by atoms with Crippen LogP contribution < -0.4 is 0 Å². The van der Waals surface area contributed by atoms with E-state index in [2.05, 4.69) is 0 Å². The summed E-state index contributed by atoms with van der Waals surface area (Å²) in [5.41, 5.74) is 0. The van der Waals surface area contributed by atoms with E-state index in [4.69, 9.17) is 5.11 Å². The Balaban J connectivity index is 2.56. The number of rotatable bonds is 4. The van der Waals surface area contributed by atoms with Crippen molar-refractivity contribution in [1.29, 1.82) is 0 Å². The number of carboxylic acids is 1. The van der Waals surface area contributed by atoms with Crippen molar-refractivity contribution < 1.29 is 14.1 Å². The van der Waals surface area contributed by atoms with Gasteiger partial charge in [0.1, 0.15) is 0 Å². The number of hydrogen-bond donors (Lipinski definition) is 1. The highest BCUT2D eigenvalue weighted by atomic mass is 32.2. The summed E-state index contributed by atoms with van der Waals surface area (Å²) in [5.74, 6) is -0.786. The van der Waals surface area contributed by atoms with Gasteiger partial charge in [-0.15, -0.1) is 0 Å². The van der Waals surface area contributed by atoms with Crippen LogP contribution in [0.2, 0.25) is 0 Å². The van der Waals surface area contributed by atoms with Gasteiger partial charge in [0.05, 0.1) is 10.8 Å². The topological polar surface area (TPSA) is 54.4 Å². The SMILES string of the molecule is O=[13C](O)C=[13CH][13CH2]S(=O)c1ccccc1. The van der Waals surface area contributed by atoms with Crippen LogP contribution >= 0.6 is 0 Å². The van der Waals surface area contributed by atoms with E-state index in [1.807, 2.05) is 6.07 Å². The van der Waals surface area contributed by atoms with Crippen molar-refractivity contribution in [3.8, 4) is 0 Å². The molecule has 0 aliphatic carbocycles. The second-order valence-corrected chi connectivity index (χ2v) is 4.06. The van der Waals surface area contributed by atoms with Gasteiger partial charge in [0.15, 0.2) is 0 Å². The molecule has 74 valence electrons. The molecule has 14 heavy (non-hydrogen) atoms. The summed E-state index contributed by atoms with van der Waals surface area (Å²) < 4.78 is 11.5. The van der Waals surface area contributed by atoms with Crippen molar-refractivity contribution in [3.05, 3.63) is 42.5 Å². The van der Waals surface area contributed by atoms with Gasteiger partial charge in [-0.05, 0) is 12.1 Å². The monoisotopic (exact) mass is 213 g/mol. The van der Waals surface area contributed by atoms with Crippen LogP contribution in [-0.2, 0) is 15.6 Å². The highest BCUT2D eigenvalue weighted by molar-refractivity contribution is 7.85. The van der Waals surface area contributed by atoms with Gasteiger partial charge in [-0.25, -0.2) is 4.79 Å². The zero-order valence-electron chi connectivity index (χ0n) is 7.42. The lowest BCUT2D eigenvalue weighted by Crippen LogP contribution is -1.96. The zero-order chi connectivity index (χ0) is 10.4. The molecule has 4 heteroatoms. The number of carboxylic acid groups (broad SMARTS) is 1. The number of hydrogen-bond acceptors (Lipinski definition) is 2. The molecular weight excluding hydrogens is 203 g/mol. The molecule has 0 fully saturated rings. The summed E-state index contributed by atoms with van der Waals surface area (Å²) in [6.45, 7) is 0. The van der Waals surface area contributed by atoms with E-state index in [1.54, 1.807) is 24.3 Å². The first-order chi connectivity index (χ1) is 6.70. The van der Waals surface area contributed by atoms with Crippen molar-refractivity contribution in [2.45, 2.75) is 4.90 Å². The molecule has 0 aromatic heterocycles. The highest BCUT2D eigenvalue weighted by Gasteiger charge is 1.99. The summed E-state index contributed by atoms with van der Waals surface area (Å²) in [6.07, 6.45) is 2.40. The molecule has 0 aliphatic heterocycles. The molecule has 0 spiro atoms. The molecule has 0 saturated carbocycles. The standard InChI is InChI=1S/C10H10O3S/c11-10(12)7-4-8-14(13)9-5-2-1-3-6-9/h1-7H,8H2,(H,11,12)/i4+1,8+1,10+1. The first-order valence-electron chi connectivity index (χ1n) is 4.03. The first-order valence-corrected chi connectivity index (χ1v) is 5.35. The molecule has 0 radical (unpaired) electrons. The van der Waals surface area contributed by atoms with Gasteiger partial charge >= 0.3 is 5.97 Å². The Morgan fingerprint density at radius 2 is 2.00 bits per heavy atom. The Kier molecular flexibility index (Phi) is 4.07. The molecule has 1 unspecified atom stereocenters. The van der Waals surface area contributed by atoms with Gasteiger partial charge in [-0.3, -0.25) is 4.21 Å².